The first-order chi connectivity index (χ1) is 12.2. The number of fused-ring (bicyclic) bond motifs is 1. The van der Waals surface area contributed by atoms with Crippen LogP contribution in [0, 0.1) is 0 Å². The van der Waals surface area contributed by atoms with E-state index in [1.807, 2.05) is 12.4 Å². The molecule has 1 N–H and O–H groups in total. The van der Waals surface area contributed by atoms with E-state index in [4.69, 9.17) is 0 Å². The Morgan fingerprint density at radius 3 is 2.80 bits per heavy atom. The van der Waals surface area contributed by atoms with Crippen LogP contribution in [0.2, 0.25) is 0 Å². The van der Waals surface area contributed by atoms with Gasteiger partial charge in [-0.15, -0.1) is 0 Å². The van der Waals surface area contributed by atoms with E-state index in [1.165, 1.54) is 12.8 Å². The van der Waals surface area contributed by atoms with E-state index in [0.29, 0.717) is 18.2 Å². The molecule has 25 heavy (non-hydrogen) atoms. The fourth-order valence-corrected chi connectivity index (χ4v) is 3.34. The molecule has 1 amide bonds. The third kappa shape index (κ3) is 3.82. The summed E-state index contributed by atoms with van der Waals surface area (Å²) in [5.41, 5.74) is 2.28. The summed E-state index contributed by atoms with van der Waals surface area (Å²) in [6.45, 7) is 6.23. The fourth-order valence-electron chi connectivity index (χ4n) is 3.34. The molecule has 0 atom stereocenters. The second-order valence-corrected chi connectivity index (χ2v) is 7.20. The number of hydrogen-bond donors (Lipinski definition) is 1. The van der Waals surface area contributed by atoms with Crippen molar-refractivity contribution in [1.29, 1.82) is 0 Å². The molecule has 2 fully saturated rings. The van der Waals surface area contributed by atoms with Gasteiger partial charge in [0.25, 0.3) is 5.91 Å². The number of pyridine rings is 1. The standard InChI is InChI=1S/C18H26N6O/c1-22-7-9-23(10-8-22)6-2-5-19-18(25)14-11-16-17(20-12-14)24(13-21-16)15-3-4-15/h11-13,15H,2-10H2,1H3,(H,19,25). The van der Waals surface area contributed by atoms with Crippen molar-refractivity contribution >= 4 is 17.1 Å². The third-order valence-corrected chi connectivity index (χ3v) is 5.15. The van der Waals surface area contributed by atoms with Crippen LogP contribution in [0.15, 0.2) is 18.6 Å². The van der Waals surface area contributed by atoms with E-state index < -0.39 is 0 Å². The Hall–Kier alpha value is -1.99. The molecule has 0 aromatic carbocycles. The highest BCUT2D eigenvalue weighted by molar-refractivity contribution is 5.96. The Morgan fingerprint density at radius 2 is 2.04 bits per heavy atom. The lowest BCUT2D eigenvalue weighted by Gasteiger charge is -2.32. The number of likely N-dealkylation sites (N-methyl/N-ethyl adjacent to an activating group) is 1. The molecule has 2 aromatic rings. The van der Waals surface area contributed by atoms with Crippen molar-refractivity contribution in [2.75, 3.05) is 46.3 Å². The molecule has 0 spiro atoms. The number of piperazine rings is 1. The molecule has 1 saturated carbocycles. The first kappa shape index (κ1) is 16.5. The van der Waals surface area contributed by atoms with Crippen LogP contribution in [0.25, 0.3) is 11.2 Å². The average Bonchev–Trinajstić information content (AvgIpc) is 3.39. The number of rotatable bonds is 6. The summed E-state index contributed by atoms with van der Waals surface area (Å²) >= 11 is 0. The minimum atomic E-state index is -0.0613. The largest absolute Gasteiger partial charge is 0.352 e. The molecule has 0 radical (unpaired) electrons. The van der Waals surface area contributed by atoms with Crippen molar-refractivity contribution in [3.05, 3.63) is 24.2 Å². The highest BCUT2D eigenvalue weighted by Gasteiger charge is 2.25. The van der Waals surface area contributed by atoms with Crippen LogP contribution in [0.3, 0.4) is 0 Å². The topological polar surface area (TPSA) is 66.3 Å². The number of nitrogens with zero attached hydrogens (tertiary/aromatic N) is 5. The molecule has 1 saturated heterocycles. The minimum absolute atomic E-state index is 0.0613. The Morgan fingerprint density at radius 1 is 1.24 bits per heavy atom. The first-order valence-corrected chi connectivity index (χ1v) is 9.22. The third-order valence-electron chi connectivity index (χ3n) is 5.15. The van der Waals surface area contributed by atoms with Gasteiger partial charge in [0.1, 0.15) is 5.52 Å². The molecule has 1 aliphatic heterocycles. The molecule has 0 unspecified atom stereocenters. The highest BCUT2D eigenvalue weighted by atomic mass is 16.1. The van der Waals surface area contributed by atoms with Gasteiger partial charge >= 0.3 is 0 Å². The van der Waals surface area contributed by atoms with Crippen molar-refractivity contribution in [2.45, 2.75) is 25.3 Å². The number of nitrogens with one attached hydrogen (secondary N) is 1. The molecule has 1 aliphatic carbocycles. The van der Waals surface area contributed by atoms with Crippen LogP contribution in [0.4, 0.5) is 0 Å². The maximum Gasteiger partial charge on any atom is 0.252 e. The first-order valence-electron chi connectivity index (χ1n) is 9.22. The van der Waals surface area contributed by atoms with Crippen molar-refractivity contribution in [3.63, 3.8) is 0 Å². The number of aromatic nitrogens is 3. The number of imidazole rings is 1. The fraction of sp³-hybridized carbons (Fsp3) is 0.611. The lowest BCUT2D eigenvalue weighted by molar-refractivity contribution is 0.0949. The molecular weight excluding hydrogens is 316 g/mol. The normalized spacial score (nSPS) is 19.4. The van der Waals surface area contributed by atoms with Crippen molar-refractivity contribution in [2.24, 2.45) is 0 Å². The van der Waals surface area contributed by atoms with Crippen molar-refractivity contribution < 1.29 is 4.79 Å². The maximum atomic E-state index is 12.3. The van der Waals surface area contributed by atoms with Gasteiger partial charge in [0.2, 0.25) is 0 Å². The lowest BCUT2D eigenvalue weighted by atomic mass is 10.2. The molecule has 2 aromatic heterocycles. The van der Waals surface area contributed by atoms with Crippen molar-refractivity contribution in [1.82, 2.24) is 29.7 Å². The van der Waals surface area contributed by atoms with Gasteiger partial charge in [0.15, 0.2) is 5.65 Å². The quantitative estimate of drug-likeness (QED) is 0.798. The molecule has 7 nitrogen and oxygen atoms in total. The molecule has 4 rings (SSSR count). The summed E-state index contributed by atoms with van der Waals surface area (Å²) in [6, 6.07) is 2.39. The van der Waals surface area contributed by atoms with Gasteiger partial charge in [0, 0.05) is 45.0 Å². The molecular formula is C18H26N6O. The lowest BCUT2D eigenvalue weighted by Crippen LogP contribution is -2.45. The number of carbonyl (C=O) groups is 1. The zero-order valence-electron chi connectivity index (χ0n) is 14.8. The Bertz CT molecular complexity index is 745. The van der Waals surface area contributed by atoms with E-state index in [9.17, 15) is 4.79 Å². The smallest absolute Gasteiger partial charge is 0.252 e. The van der Waals surface area contributed by atoms with Crippen LogP contribution in [0.1, 0.15) is 35.7 Å². The average molecular weight is 342 g/mol. The van der Waals surface area contributed by atoms with Crippen molar-refractivity contribution in [3.8, 4) is 0 Å². The highest BCUT2D eigenvalue weighted by Crippen LogP contribution is 2.36. The van der Waals surface area contributed by atoms with Crippen LogP contribution < -0.4 is 5.32 Å². The zero-order chi connectivity index (χ0) is 17.2. The zero-order valence-corrected chi connectivity index (χ0v) is 14.8. The van der Waals surface area contributed by atoms with Crippen LogP contribution in [-0.2, 0) is 0 Å². The van der Waals surface area contributed by atoms with E-state index in [0.717, 1.165) is 50.3 Å². The van der Waals surface area contributed by atoms with Gasteiger partial charge in [0.05, 0.1) is 11.9 Å². The number of amides is 1. The number of hydrogen-bond acceptors (Lipinski definition) is 5. The van der Waals surface area contributed by atoms with E-state index in [2.05, 4.69) is 36.7 Å². The summed E-state index contributed by atoms with van der Waals surface area (Å²) in [7, 11) is 2.16. The summed E-state index contributed by atoms with van der Waals surface area (Å²) in [5, 5.41) is 3.00. The van der Waals surface area contributed by atoms with Gasteiger partial charge in [-0.05, 0) is 38.9 Å². The Balaban J connectivity index is 1.27. The van der Waals surface area contributed by atoms with Crippen LogP contribution in [-0.4, -0.2) is 76.6 Å². The SMILES string of the molecule is CN1CCN(CCCNC(=O)c2cnc3c(c2)ncn3C2CC2)CC1. The second kappa shape index (κ2) is 7.09. The predicted octanol–water partition coefficient (Wildman–Crippen LogP) is 1.13. The van der Waals surface area contributed by atoms with Gasteiger partial charge in [-0.25, -0.2) is 9.97 Å². The molecule has 3 heterocycles. The predicted molar refractivity (Wildman–Crippen MR) is 96.7 cm³/mol. The second-order valence-electron chi connectivity index (χ2n) is 7.20. The minimum Gasteiger partial charge on any atom is -0.352 e. The van der Waals surface area contributed by atoms with E-state index >= 15 is 0 Å². The monoisotopic (exact) mass is 342 g/mol. The molecule has 2 aliphatic rings. The Kier molecular flexibility index (Phi) is 4.67. The molecule has 7 heteroatoms. The van der Waals surface area contributed by atoms with E-state index in [-0.39, 0.29) is 5.91 Å². The Labute approximate surface area is 148 Å². The summed E-state index contributed by atoms with van der Waals surface area (Å²) in [4.78, 5) is 26.0. The molecule has 134 valence electrons. The van der Waals surface area contributed by atoms with Gasteiger partial charge in [-0.1, -0.05) is 0 Å². The maximum absolute atomic E-state index is 12.3. The van der Waals surface area contributed by atoms with Gasteiger partial charge < -0.3 is 19.7 Å². The van der Waals surface area contributed by atoms with Gasteiger partial charge in [-0.3, -0.25) is 4.79 Å². The number of carbonyl (C=O) groups excluding carboxylic acids is 1. The molecule has 0 bridgehead atoms. The summed E-state index contributed by atoms with van der Waals surface area (Å²) in [6.07, 6.45) is 6.87. The van der Waals surface area contributed by atoms with Crippen LogP contribution >= 0.6 is 0 Å². The van der Waals surface area contributed by atoms with E-state index in [1.54, 1.807) is 6.20 Å². The summed E-state index contributed by atoms with van der Waals surface area (Å²) < 4.78 is 2.12. The van der Waals surface area contributed by atoms with Crippen LogP contribution in [0.5, 0.6) is 0 Å². The summed E-state index contributed by atoms with van der Waals surface area (Å²) in [5.74, 6) is -0.0613. The van der Waals surface area contributed by atoms with Gasteiger partial charge in [-0.2, -0.15) is 0 Å².